The van der Waals surface area contributed by atoms with Crippen LogP contribution < -0.4 is 20.7 Å². The molecular weight excluding hydrogens is 502 g/mol. The van der Waals surface area contributed by atoms with Gasteiger partial charge in [-0.1, -0.05) is 38.5 Å². The van der Waals surface area contributed by atoms with Crippen molar-refractivity contribution in [3.05, 3.63) is 34.9 Å². The van der Waals surface area contributed by atoms with Crippen molar-refractivity contribution in [2.24, 2.45) is 11.8 Å². The van der Waals surface area contributed by atoms with Crippen LogP contribution in [-0.4, -0.2) is 68.8 Å². The van der Waals surface area contributed by atoms with E-state index in [1.807, 2.05) is 4.90 Å². The Balaban J connectivity index is 1.52. The van der Waals surface area contributed by atoms with Crippen LogP contribution in [0.1, 0.15) is 75.1 Å². The first-order valence-electron chi connectivity index (χ1n) is 14.4. The summed E-state index contributed by atoms with van der Waals surface area (Å²) in [4.78, 5) is 15.6. The number of carbonyl (C=O) groups is 1. The highest BCUT2D eigenvalue weighted by molar-refractivity contribution is 7.90. The molecule has 1 aromatic rings. The number of sulfonamides is 1. The van der Waals surface area contributed by atoms with Gasteiger partial charge in [0.1, 0.15) is 12.5 Å². The summed E-state index contributed by atoms with van der Waals surface area (Å²) in [5.41, 5.74) is 3.52. The van der Waals surface area contributed by atoms with E-state index >= 15 is 0 Å². The molecule has 4 N–H and O–H groups in total. The van der Waals surface area contributed by atoms with Crippen molar-refractivity contribution in [2.75, 3.05) is 19.6 Å². The molecule has 0 aromatic heterocycles. The van der Waals surface area contributed by atoms with Crippen LogP contribution in [-0.2, 0) is 19.6 Å². The van der Waals surface area contributed by atoms with E-state index in [0.717, 1.165) is 19.3 Å². The third-order valence-electron chi connectivity index (χ3n) is 8.77. The van der Waals surface area contributed by atoms with Crippen LogP contribution in [0, 0.1) is 25.7 Å². The Morgan fingerprint density at radius 2 is 1.87 bits per heavy atom. The van der Waals surface area contributed by atoms with E-state index in [1.165, 1.54) is 16.7 Å². The van der Waals surface area contributed by atoms with Gasteiger partial charge in [-0.3, -0.25) is 15.4 Å². The van der Waals surface area contributed by atoms with Crippen molar-refractivity contribution in [2.45, 2.75) is 102 Å². The number of aryl methyl sites for hydroxylation is 2. The second-order valence-corrected chi connectivity index (χ2v) is 14.1. The van der Waals surface area contributed by atoms with Gasteiger partial charge in [0.2, 0.25) is 15.9 Å². The summed E-state index contributed by atoms with van der Waals surface area (Å²) in [5.74, 6) is 0.285. The molecule has 4 fully saturated rings. The highest BCUT2D eigenvalue weighted by atomic mass is 32.2. The third kappa shape index (κ3) is 6.10. The van der Waals surface area contributed by atoms with Crippen LogP contribution in [0.25, 0.3) is 0 Å². The largest absolute Gasteiger partial charge is 0.357 e. The Kier molecular flexibility index (Phi) is 8.47. The molecule has 3 aliphatic heterocycles. The lowest BCUT2D eigenvalue weighted by atomic mass is 9.87. The zero-order valence-electron chi connectivity index (χ0n) is 23.2. The van der Waals surface area contributed by atoms with Crippen molar-refractivity contribution in [3.63, 3.8) is 0 Å². The minimum Gasteiger partial charge on any atom is -0.357 e. The molecule has 5 unspecified atom stereocenters. The predicted molar refractivity (Wildman–Crippen MR) is 148 cm³/mol. The summed E-state index contributed by atoms with van der Waals surface area (Å²) in [6.45, 7) is 10.5. The zero-order chi connectivity index (χ0) is 27.0. The fourth-order valence-electron chi connectivity index (χ4n) is 6.94. The van der Waals surface area contributed by atoms with Crippen molar-refractivity contribution < 1.29 is 17.9 Å². The van der Waals surface area contributed by atoms with Gasteiger partial charge in [0.05, 0.1) is 11.4 Å². The molecule has 1 aromatic carbocycles. The maximum atomic E-state index is 13.7. The molecule has 212 valence electrons. The Bertz CT molecular complexity index is 1090. The lowest BCUT2D eigenvalue weighted by Crippen LogP contribution is -2.65. The average molecular weight is 548 g/mol. The maximum Gasteiger partial charge on any atom is 0.225 e. The van der Waals surface area contributed by atoms with Gasteiger partial charge in [-0.05, 0) is 62.1 Å². The number of hydrogen-bond donors (Lipinski definition) is 4. The van der Waals surface area contributed by atoms with Crippen molar-refractivity contribution in [1.82, 2.24) is 25.6 Å². The van der Waals surface area contributed by atoms with Crippen LogP contribution in [0.4, 0.5) is 0 Å². The molecule has 6 bridgehead atoms. The van der Waals surface area contributed by atoms with Crippen LogP contribution in [0.15, 0.2) is 18.2 Å². The molecule has 1 aliphatic carbocycles. The highest BCUT2D eigenvalue weighted by Crippen LogP contribution is 2.33. The molecule has 1 amide bonds. The smallest absolute Gasteiger partial charge is 0.225 e. The molecule has 9 nitrogen and oxygen atoms in total. The van der Waals surface area contributed by atoms with Crippen LogP contribution in [0.3, 0.4) is 0 Å². The van der Waals surface area contributed by atoms with E-state index in [2.05, 4.69) is 66.6 Å². The number of fused-ring (bicyclic) bond motifs is 6. The number of hydrogen-bond acceptors (Lipinski definition) is 7. The van der Waals surface area contributed by atoms with Crippen LogP contribution in [0.5, 0.6) is 0 Å². The Morgan fingerprint density at radius 3 is 2.61 bits per heavy atom. The Hall–Kier alpha value is -1.56. The fourth-order valence-corrected chi connectivity index (χ4v) is 8.56. The molecule has 3 saturated heterocycles. The second kappa shape index (κ2) is 11.5. The number of amides is 1. The van der Waals surface area contributed by atoms with E-state index in [9.17, 15) is 13.2 Å². The number of rotatable bonds is 3. The summed E-state index contributed by atoms with van der Waals surface area (Å²) in [6, 6.07) is 6.28. The van der Waals surface area contributed by atoms with E-state index in [0.29, 0.717) is 44.8 Å². The monoisotopic (exact) mass is 547 g/mol. The number of nitrogens with one attached hydrogen (secondary N) is 4. The topological polar surface area (TPSA) is 112 Å². The lowest BCUT2D eigenvalue weighted by molar-refractivity contribution is -0.140. The second-order valence-electron chi connectivity index (χ2n) is 12.1. The van der Waals surface area contributed by atoms with Crippen molar-refractivity contribution >= 4 is 15.9 Å². The van der Waals surface area contributed by atoms with Gasteiger partial charge in [0, 0.05) is 44.1 Å². The van der Waals surface area contributed by atoms with Gasteiger partial charge in [-0.25, -0.2) is 8.42 Å². The van der Waals surface area contributed by atoms with Gasteiger partial charge in [0.15, 0.2) is 0 Å². The van der Waals surface area contributed by atoms with E-state index in [1.54, 1.807) is 0 Å². The summed E-state index contributed by atoms with van der Waals surface area (Å²) in [5, 5.41) is 10.0. The lowest BCUT2D eigenvalue weighted by Gasteiger charge is -2.41. The highest BCUT2D eigenvalue weighted by Gasteiger charge is 2.42. The van der Waals surface area contributed by atoms with Crippen molar-refractivity contribution in [1.29, 1.82) is 0 Å². The number of ether oxygens (including phenoxy) is 1. The zero-order valence-corrected chi connectivity index (χ0v) is 24.0. The fraction of sp³-hybridized carbons (Fsp3) is 0.750. The maximum absolute atomic E-state index is 13.7. The van der Waals surface area contributed by atoms with Crippen LogP contribution >= 0.6 is 0 Å². The third-order valence-corrected chi connectivity index (χ3v) is 10.6. The molecule has 0 radical (unpaired) electrons. The molecule has 3 heterocycles. The minimum atomic E-state index is -3.66. The van der Waals surface area contributed by atoms with Gasteiger partial charge in [-0.15, -0.1) is 0 Å². The van der Waals surface area contributed by atoms with Gasteiger partial charge in [-0.2, -0.15) is 4.72 Å². The predicted octanol–water partition coefficient (Wildman–Crippen LogP) is 2.26. The number of carbonyl (C=O) groups excluding carboxylic acids is 1. The summed E-state index contributed by atoms with van der Waals surface area (Å²) in [6.07, 6.45) is 2.77. The van der Waals surface area contributed by atoms with Gasteiger partial charge in [0.25, 0.3) is 0 Å². The van der Waals surface area contributed by atoms with Gasteiger partial charge >= 0.3 is 0 Å². The van der Waals surface area contributed by atoms with Crippen molar-refractivity contribution in [3.8, 4) is 0 Å². The van der Waals surface area contributed by atoms with Gasteiger partial charge < -0.3 is 15.0 Å². The van der Waals surface area contributed by atoms with E-state index in [4.69, 9.17) is 4.74 Å². The summed E-state index contributed by atoms with van der Waals surface area (Å²) in [7, 11) is -3.66. The molecule has 38 heavy (non-hydrogen) atoms. The SMILES string of the molecule is Cc1cccc(C)c1C1CC2NC(N1)NS(=O)(=O)C1CCCC(C1)C(=O)N1CCN[C@H](CC(C)C)[C@H](C1)O2. The number of nitrogens with zero attached hydrogens (tertiary/aromatic N) is 1. The normalized spacial score (nSPS) is 36.1. The Labute approximate surface area is 227 Å². The average Bonchev–Trinajstić information content (AvgIpc) is 3.04. The number of benzene rings is 1. The first kappa shape index (κ1) is 28.0. The molecule has 0 spiro atoms. The van der Waals surface area contributed by atoms with E-state index in [-0.39, 0.29) is 36.2 Å². The molecule has 7 atom stereocenters. The Morgan fingerprint density at radius 1 is 1.11 bits per heavy atom. The molecule has 1 saturated carbocycles. The molecule has 10 heteroatoms. The molecule has 5 rings (SSSR count). The van der Waals surface area contributed by atoms with Crippen LogP contribution in [0.2, 0.25) is 0 Å². The summed E-state index contributed by atoms with van der Waals surface area (Å²) >= 11 is 0. The van der Waals surface area contributed by atoms with E-state index < -0.39 is 21.6 Å². The standard InChI is InChI=1S/C28H45N5O4S/c1-17(2)13-22-24-16-33(12-11-29-22)27(34)20-9-6-10-21(14-20)38(35,36)32-28-30-23(15-25(31-28)37-24)26-18(3)7-5-8-19(26)4/h5,7-8,17,20-25,28-32H,6,9-16H2,1-4H3/t20?,21?,22-,23?,24+,25?,28?/m1/s1. The minimum absolute atomic E-state index is 0.0761. The molecule has 4 aliphatic rings. The first-order valence-corrected chi connectivity index (χ1v) is 15.9. The summed E-state index contributed by atoms with van der Waals surface area (Å²) < 4.78 is 36.9. The molecular formula is C28H45N5O4S. The first-order chi connectivity index (χ1) is 18.1. The quantitative estimate of drug-likeness (QED) is 0.459.